The fraction of sp³-hybridized carbons (Fsp3) is 0.923. The number of unbranched alkanes of at least 4 members (excludes halogenated alkanes) is 4. The lowest BCUT2D eigenvalue weighted by Gasteiger charge is -2.06. The molecule has 102 valence electrons. The number of nitrogens with one attached hydrogen (secondary N) is 1. The van der Waals surface area contributed by atoms with Gasteiger partial charge in [-0.3, -0.25) is 4.79 Å². The van der Waals surface area contributed by atoms with E-state index in [-0.39, 0.29) is 5.91 Å². The Kier molecular flexibility index (Phi) is 13.0. The van der Waals surface area contributed by atoms with E-state index in [2.05, 4.69) is 12.2 Å². The highest BCUT2D eigenvalue weighted by Gasteiger charge is 1.99. The lowest BCUT2D eigenvalue weighted by atomic mass is 10.1. The van der Waals surface area contributed by atoms with E-state index in [1.807, 2.05) is 0 Å². The molecule has 0 aromatic heterocycles. The molecule has 0 saturated heterocycles. The Morgan fingerprint density at radius 3 is 2.59 bits per heavy atom. The zero-order valence-electron chi connectivity index (χ0n) is 11.2. The average molecular weight is 244 g/mol. The fourth-order valence-electron chi connectivity index (χ4n) is 1.48. The Labute approximate surface area is 105 Å². The summed E-state index contributed by atoms with van der Waals surface area (Å²) < 4.78 is 5.35. The summed E-state index contributed by atoms with van der Waals surface area (Å²) in [6.07, 6.45) is 7.11. The second-order valence-electron chi connectivity index (χ2n) is 4.27. The van der Waals surface area contributed by atoms with Gasteiger partial charge in [0.05, 0.1) is 6.61 Å². The summed E-state index contributed by atoms with van der Waals surface area (Å²) in [5, 5.41) is 2.86. The number of rotatable bonds is 12. The first-order valence-corrected chi connectivity index (χ1v) is 6.85. The van der Waals surface area contributed by atoms with Gasteiger partial charge in [-0.15, -0.1) is 0 Å². The highest BCUT2D eigenvalue weighted by atomic mass is 16.5. The molecule has 0 aromatic rings. The number of hydrogen-bond acceptors (Lipinski definition) is 3. The molecule has 0 atom stereocenters. The molecule has 0 spiro atoms. The third-order valence-electron chi connectivity index (χ3n) is 2.57. The van der Waals surface area contributed by atoms with E-state index >= 15 is 0 Å². The van der Waals surface area contributed by atoms with Crippen molar-refractivity contribution < 1.29 is 9.53 Å². The zero-order valence-corrected chi connectivity index (χ0v) is 11.2. The summed E-state index contributed by atoms with van der Waals surface area (Å²) in [4.78, 5) is 11.4. The van der Waals surface area contributed by atoms with Crippen molar-refractivity contribution in [3.63, 3.8) is 0 Å². The van der Waals surface area contributed by atoms with E-state index in [0.29, 0.717) is 19.6 Å². The van der Waals surface area contributed by atoms with Gasteiger partial charge in [0, 0.05) is 19.6 Å². The molecular formula is C13H28N2O2. The van der Waals surface area contributed by atoms with Crippen molar-refractivity contribution in [3.05, 3.63) is 0 Å². The standard InChI is InChI=1S/C13H28N2O2/c1-2-3-11-17-12-10-15-13(16)8-6-4-5-7-9-14/h2-12,14H2,1H3,(H,15,16). The van der Waals surface area contributed by atoms with Crippen molar-refractivity contribution in [2.45, 2.75) is 51.9 Å². The van der Waals surface area contributed by atoms with Crippen molar-refractivity contribution in [1.29, 1.82) is 0 Å². The van der Waals surface area contributed by atoms with Gasteiger partial charge >= 0.3 is 0 Å². The number of hydrogen-bond donors (Lipinski definition) is 2. The molecule has 4 heteroatoms. The summed E-state index contributed by atoms with van der Waals surface area (Å²) in [6, 6.07) is 0. The van der Waals surface area contributed by atoms with E-state index in [9.17, 15) is 4.79 Å². The van der Waals surface area contributed by atoms with Crippen molar-refractivity contribution in [2.24, 2.45) is 5.73 Å². The summed E-state index contributed by atoms with van der Waals surface area (Å²) in [5.41, 5.74) is 5.39. The lowest BCUT2D eigenvalue weighted by molar-refractivity contribution is -0.121. The largest absolute Gasteiger partial charge is 0.380 e. The molecule has 0 fully saturated rings. The molecule has 0 rings (SSSR count). The number of carbonyl (C=O) groups is 1. The molecule has 0 aliphatic rings. The Morgan fingerprint density at radius 2 is 1.88 bits per heavy atom. The minimum Gasteiger partial charge on any atom is -0.380 e. The minimum atomic E-state index is 0.136. The van der Waals surface area contributed by atoms with Crippen LogP contribution in [0.2, 0.25) is 0 Å². The summed E-state index contributed by atoms with van der Waals surface area (Å²) >= 11 is 0. The van der Waals surface area contributed by atoms with E-state index in [1.165, 1.54) is 0 Å². The van der Waals surface area contributed by atoms with Crippen molar-refractivity contribution in [1.82, 2.24) is 5.32 Å². The summed E-state index contributed by atoms with van der Waals surface area (Å²) in [5.74, 6) is 0.136. The Hall–Kier alpha value is -0.610. The molecule has 0 unspecified atom stereocenters. The first kappa shape index (κ1) is 16.4. The van der Waals surface area contributed by atoms with Crippen LogP contribution < -0.4 is 11.1 Å². The van der Waals surface area contributed by atoms with Gasteiger partial charge in [0.25, 0.3) is 0 Å². The monoisotopic (exact) mass is 244 g/mol. The van der Waals surface area contributed by atoms with Gasteiger partial charge < -0.3 is 15.8 Å². The highest BCUT2D eigenvalue weighted by molar-refractivity contribution is 5.75. The number of carbonyl (C=O) groups excluding carboxylic acids is 1. The van der Waals surface area contributed by atoms with Crippen LogP contribution in [0.5, 0.6) is 0 Å². The van der Waals surface area contributed by atoms with Crippen molar-refractivity contribution in [2.75, 3.05) is 26.3 Å². The molecule has 0 bridgehead atoms. The third kappa shape index (κ3) is 13.3. The van der Waals surface area contributed by atoms with Crippen molar-refractivity contribution >= 4 is 5.91 Å². The van der Waals surface area contributed by atoms with E-state index in [0.717, 1.165) is 51.7 Å². The van der Waals surface area contributed by atoms with Gasteiger partial charge in [-0.25, -0.2) is 0 Å². The normalized spacial score (nSPS) is 10.5. The van der Waals surface area contributed by atoms with Crippen molar-refractivity contribution in [3.8, 4) is 0 Å². The van der Waals surface area contributed by atoms with Gasteiger partial charge in [-0.05, 0) is 25.8 Å². The van der Waals surface area contributed by atoms with Crippen LogP contribution in [-0.4, -0.2) is 32.2 Å². The molecule has 17 heavy (non-hydrogen) atoms. The maximum absolute atomic E-state index is 11.4. The maximum atomic E-state index is 11.4. The minimum absolute atomic E-state index is 0.136. The number of ether oxygens (including phenoxy) is 1. The fourth-order valence-corrected chi connectivity index (χ4v) is 1.48. The summed E-state index contributed by atoms with van der Waals surface area (Å²) in [6.45, 7) is 4.94. The second kappa shape index (κ2) is 13.5. The predicted octanol–water partition coefficient (Wildman–Crippen LogP) is 1.83. The van der Waals surface area contributed by atoms with Gasteiger partial charge in [0.2, 0.25) is 5.91 Å². The molecule has 0 heterocycles. The van der Waals surface area contributed by atoms with Crippen LogP contribution in [-0.2, 0) is 9.53 Å². The first-order valence-electron chi connectivity index (χ1n) is 6.85. The molecule has 4 nitrogen and oxygen atoms in total. The van der Waals surface area contributed by atoms with E-state index in [1.54, 1.807) is 0 Å². The van der Waals surface area contributed by atoms with Gasteiger partial charge in [-0.1, -0.05) is 26.2 Å². The third-order valence-corrected chi connectivity index (χ3v) is 2.57. The van der Waals surface area contributed by atoms with Crippen LogP contribution in [0.25, 0.3) is 0 Å². The Morgan fingerprint density at radius 1 is 1.12 bits per heavy atom. The first-order chi connectivity index (χ1) is 8.31. The molecule has 3 N–H and O–H groups in total. The maximum Gasteiger partial charge on any atom is 0.220 e. The lowest BCUT2D eigenvalue weighted by Crippen LogP contribution is -2.27. The number of nitrogens with two attached hydrogens (primary N) is 1. The highest BCUT2D eigenvalue weighted by Crippen LogP contribution is 2.01. The predicted molar refractivity (Wildman–Crippen MR) is 70.9 cm³/mol. The Balaban J connectivity index is 3.12. The molecular weight excluding hydrogens is 216 g/mol. The zero-order chi connectivity index (χ0) is 12.8. The molecule has 0 aliphatic heterocycles. The SMILES string of the molecule is CCCCOCCNC(=O)CCCCCCN. The van der Waals surface area contributed by atoms with Crippen LogP contribution in [0.1, 0.15) is 51.9 Å². The van der Waals surface area contributed by atoms with Crippen LogP contribution in [0.4, 0.5) is 0 Å². The van der Waals surface area contributed by atoms with Crippen LogP contribution >= 0.6 is 0 Å². The number of amides is 1. The summed E-state index contributed by atoms with van der Waals surface area (Å²) in [7, 11) is 0. The quantitative estimate of drug-likeness (QED) is 0.515. The van der Waals surface area contributed by atoms with E-state index < -0.39 is 0 Å². The molecule has 0 radical (unpaired) electrons. The molecule has 0 saturated carbocycles. The second-order valence-corrected chi connectivity index (χ2v) is 4.27. The van der Waals surface area contributed by atoms with Gasteiger partial charge in [0.1, 0.15) is 0 Å². The van der Waals surface area contributed by atoms with Crippen LogP contribution in [0.3, 0.4) is 0 Å². The Bertz CT molecular complexity index is 175. The molecule has 0 aliphatic carbocycles. The van der Waals surface area contributed by atoms with Crippen LogP contribution in [0, 0.1) is 0 Å². The van der Waals surface area contributed by atoms with Gasteiger partial charge in [0.15, 0.2) is 0 Å². The molecule has 1 amide bonds. The topological polar surface area (TPSA) is 64.3 Å². The average Bonchev–Trinajstić information content (AvgIpc) is 2.33. The van der Waals surface area contributed by atoms with E-state index in [4.69, 9.17) is 10.5 Å². The van der Waals surface area contributed by atoms with Crippen LogP contribution in [0.15, 0.2) is 0 Å². The smallest absolute Gasteiger partial charge is 0.220 e. The van der Waals surface area contributed by atoms with Gasteiger partial charge in [-0.2, -0.15) is 0 Å². The molecule has 0 aromatic carbocycles.